The van der Waals surface area contributed by atoms with Crippen LogP contribution in [0.25, 0.3) is 16.9 Å². The van der Waals surface area contributed by atoms with Crippen molar-refractivity contribution in [2.45, 2.75) is 12.8 Å². The van der Waals surface area contributed by atoms with Crippen molar-refractivity contribution >= 4 is 11.9 Å². The van der Waals surface area contributed by atoms with Gasteiger partial charge in [-0.25, -0.2) is 14.1 Å². The molecule has 1 saturated heterocycles. The molecular formula is C22H21FN4O4. The van der Waals surface area contributed by atoms with Crippen LogP contribution in [0.3, 0.4) is 0 Å². The van der Waals surface area contributed by atoms with Gasteiger partial charge in [-0.15, -0.1) is 0 Å². The van der Waals surface area contributed by atoms with Crippen LogP contribution in [0.4, 0.5) is 4.39 Å². The molecule has 1 aliphatic rings. The van der Waals surface area contributed by atoms with E-state index in [1.54, 1.807) is 46.1 Å². The molecule has 0 unspecified atom stereocenters. The Balaban J connectivity index is 1.68. The minimum atomic E-state index is -0.832. The van der Waals surface area contributed by atoms with E-state index in [0.717, 1.165) is 0 Å². The molecule has 0 saturated carbocycles. The molecule has 3 heterocycles. The van der Waals surface area contributed by atoms with Gasteiger partial charge in [0.25, 0.3) is 5.91 Å². The fraction of sp³-hybridized carbons (Fsp3) is 0.273. The fourth-order valence-corrected chi connectivity index (χ4v) is 3.62. The number of aliphatic carboxylic acids is 1. The molecule has 3 aromatic rings. The van der Waals surface area contributed by atoms with E-state index in [0.29, 0.717) is 48.8 Å². The van der Waals surface area contributed by atoms with Crippen LogP contribution >= 0.6 is 0 Å². The van der Waals surface area contributed by atoms with Gasteiger partial charge in [-0.2, -0.15) is 5.10 Å². The summed E-state index contributed by atoms with van der Waals surface area (Å²) in [6.07, 6.45) is 2.40. The Hall–Kier alpha value is -3.75. The predicted octanol–water partition coefficient (Wildman–Crippen LogP) is 3.02. The van der Waals surface area contributed by atoms with E-state index in [2.05, 4.69) is 10.1 Å². The number of amides is 1. The van der Waals surface area contributed by atoms with E-state index in [9.17, 15) is 14.0 Å². The van der Waals surface area contributed by atoms with Crippen LogP contribution < -0.4 is 4.74 Å². The maximum atomic E-state index is 13.4. The monoisotopic (exact) mass is 424 g/mol. The zero-order valence-corrected chi connectivity index (χ0v) is 16.9. The molecule has 0 bridgehead atoms. The molecule has 1 aliphatic heterocycles. The van der Waals surface area contributed by atoms with Crippen LogP contribution in [0.15, 0.2) is 48.7 Å². The molecule has 9 heteroatoms. The first-order valence-corrected chi connectivity index (χ1v) is 9.85. The number of methoxy groups -OCH3 is 1. The summed E-state index contributed by atoms with van der Waals surface area (Å²) in [4.78, 5) is 30.1. The molecule has 1 fully saturated rings. The Kier molecular flexibility index (Phi) is 5.66. The number of ether oxygens (including phenoxy) is 1. The van der Waals surface area contributed by atoms with Crippen molar-refractivity contribution in [1.29, 1.82) is 0 Å². The smallest absolute Gasteiger partial charge is 0.306 e. The maximum absolute atomic E-state index is 13.4. The molecule has 31 heavy (non-hydrogen) atoms. The highest BCUT2D eigenvalue weighted by molar-refractivity contribution is 5.94. The first-order valence-electron chi connectivity index (χ1n) is 9.85. The molecule has 1 N–H and O–H groups in total. The average molecular weight is 424 g/mol. The first-order chi connectivity index (χ1) is 15.0. The summed E-state index contributed by atoms with van der Waals surface area (Å²) in [6.45, 7) is 0.720. The topological polar surface area (TPSA) is 97.6 Å². The van der Waals surface area contributed by atoms with Crippen LogP contribution in [0.1, 0.15) is 23.3 Å². The number of nitrogens with zero attached hydrogens (tertiary/aromatic N) is 4. The molecule has 8 nitrogen and oxygen atoms in total. The van der Waals surface area contributed by atoms with Crippen molar-refractivity contribution in [3.63, 3.8) is 0 Å². The van der Waals surface area contributed by atoms with Gasteiger partial charge in [-0.1, -0.05) is 0 Å². The van der Waals surface area contributed by atoms with E-state index >= 15 is 0 Å². The number of pyridine rings is 1. The molecule has 0 radical (unpaired) electrons. The quantitative estimate of drug-likeness (QED) is 0.676. The van der Waals surface area contributed by atoms with Crippen molar-refractivity contribution in [3.8, 4) is 22.8 Å². The Morgan fingerprint density at radius 1 is 1.13 bits per heavy atom. The Morgan fingerprint density at radius 2 is 1.84 bits per heavy atom. The van der Waals surface area contributed by atoms with Gasteiger partial charge in [-0.3, -0.25) is 9.59 Å². The minimum absolute atomic E-state index is 0.226. The molecule has 0 spiro atoms. The summed E-state index contributed by atoms with van der Waals surface area (Å²) in [5.74, 6) is -1.45. The third-order valence-electron chi connectivity index (χ3n) is 5.37. The SMILES string of the molecule is COc1ccc(-n2nc(C(=O)N3CCC(C(=O)O)CC3)cc2-c2ccc(F)cc2)cn1. The number of piperidine rings is 1. The number of hydrogen-bond acceptors (Lipinski definition) is 5. The molecule has 4 rings (SSSR count). The standard InChI is InChI=1S/C22H21FN4O4/c1-31-20-7-6-17(13-24-20)27-19(14-2-4-16(23)5-3-14)12-18(25-27)21(28)26-10-8-15(9-11-26)22(29)30/h2-7,12-13,15H,8-11H2,1H3,(H,29,30). The van der Waals surface area contributed by atoms with Crippen molar-refractivity contribution < 1.29 is 23.8 Å². The fourth-order valence-electron chi connectivity index (χ4n) is 3.62. The van der Waals surface area contributed by atoms with Crippen LogP contribution in [-0.4, -0.2) is 56.8 Å². The van der Waals surface area contributed by atoms with E-state index < -0.39 is 11.9 Å². The van der Waals surface area contributed by atoms with Gasteiger partial charge in [0, 0.05) is 24.7 Å². The lowest BCUT2D eigenvalue weighted by Crippen LogP contribution is -2.40. The second-order valence-electron chi connectivity index (χ2n) is 7.30. The maximum Gasteiger partial charge on any atom is 0.306 e. The minimum Gasteiger partial charge on any atom is -0.481 e. The summed E-state index contributed by atoms with van der Waals surface area (Å²) in [5.41, 5.74) is 2.14. The van der Waals surface area contributed by atoms with E-state index in [1.165, 1.54) is 19.2 Å². The average Bonchev–Trinajstić information content (AvgIpc) is 3.24. The number of carbonyl (C=O) groups excluding carboxylic acids is 1. The largest absolute Gasteiger partial charge is 0.481 e. The number of halogens is 1. The highest BCUT2D eigenvalue weighted by Gasteiger charge is 2.29. The number of aromatic nitrogens is 3. The summed E-state index contributed by atoms with van der Waals surface area (Å²) in [6, 6.07) is 11.0. The van der Waals surface area contributed by atoms with Gasteiger partial charge in [0.05, 0.1) is 30.6 Å². The number of rotatable bonds is 5. The van der Waals surface area contributed by atoms with Crippen LogP contribution in [-0.2, 0) is 4.79 Å². The number of carboxylic acid groups (broad SMARTS) is 1. The number of benzene rings is 1. The second-order valence-corrected chi connectivity index (χ2v) is 7.30. The van der Waals surface area contributed by atoms with Crippen molar-refractivity contribution in [2.24, 2.45) is 5.92 Å². The lowest BCUT2D eigenvalue weighted by atomic mass is 9.97. The summed E-state index contributed by atoms with van der Waals surface area (Å²) in [5, 5.41) is 13.7. The molecule has 2 aromatic heterocycles. The second kappa shape index (κ2) is 8.55. The predicted molar refractivity (Wildman–Crippen MR) is 110 cm³/mol. The van der Waals surface area contributed by atoms with Gasteiger partial charge < -0.3 is 14.7 Å². The van der Waals surface area contributed by atoms with Gasteiger partial charge in [0.1, 0.15) is 5.82 Å². The van der Waals surface area contributed by atoms with Gasteiger partial charge >= 0.3 is 5.97 Å². The normalized spacial score (nSPS) is 14.5. The molecule has 160 valence electrons. The molecule has 1 amide bonds. The zero-order valence-electron chi connectivity index (χ0n) is 16.9. The van der Waals surface area contributed by atoms with E-state index in [-0.39, 0.29) is 17.4 Å². The lowest BCUT2D eigenvalue weighted by molar-refractivity contribution is -0.143. The van der Waals surface area contributed by atoms with Gasteiger partial charge in [0.2, 0.25) is 5.88 Å². The third kappa shape index (κ3) is 4.25. The highest BCUT2D eigenvalue weighted by Crippen LogP contribution is 2.26. The Labute approximate surface area is 177 Å². The van der Waals surface area contributed by atoms with Crippen LogP contribution in [0.5, 0.6) is 5.88 Å². The molecule has 0 atom stereocenters. The summed E-state index contributed by atoms with van der Waals surface area (Å²) >= 11 is 0. The van der Waals surface area contributed by atoms with Crippen molar-refractivity contribution in [2.75, 3.05) is 20.2 Å². The molecule has 1 aromatic carbocycles. The van der Waals surface area contributed by atoms with Gasteiger partial charge in [0.15, 0.2) is 5.69 Å². The summed E-state index contributed by atoms with van der Waals surface area (Å²) in [7, 11) is 1.52. The zero-order chi connectivity index (χ0) is 22.0. The van der Waals surface area contributed by atoms with Crippen LogP contribution in [0.2, 0.25) is 0 Å². The number of carbonyl (C=O) groups is 2. The Morgan fingerprint density at radius 3 is 2.42 bits per heavy atom. The lowest BCUT2D eigenvalue weighted by Gasteiger charge is -2.29. The number of likely N-dealkylation sites (tertiary alicyclic amines) is 1. The van der Waals surface area contributed by atoms with Crippen LogP contribution in [0, 0.1) is 11.7 Å². The summed E-state index contributed by atoms with van der Waals surface area (Å²) < 4.78 is 20.1. The molecular weight excluding hydrogens is 403 g/mol. The molecule has 0 aliphatic carbocycles. The first kappa shape index (κ1) is 20.5. The van der Waals surface area contributed by atoms with E-state index in [4.69, 9.17) is 9.84 Å². The van der Waals surface area contributed by atoms with Gasteiger partial charge in [-0.05, 0) is 49.2 Å². The third-order valence-corrected chi connectivity index (χ3v) is 5.37. The van der Waals surface area contributed by atoms with Crippen molar-refractivity contribution in [1.82, 2.24) is 19.7 Å². The highest BCUT2D eigenvalue weighted by atomic mass is 19.1. The van der Waals surface area contributed by atoms with E-state index in [1.807, 2.05) is 0 Å². The Bertz CT molecular complexity index is 1090. The number of carboxylic acids is 1. The number of hydrogen-bond donors (Lipinski definition) is 1. The van der Waals surface area contributed by atoms with Crippen molar-refractivity contribution in [3.05, 3.63) is 60.2 Å².